The van der Waals surface area contributed by atoms with Gasteiger partial charge in [0.15, 0.2) is 5.11 Å². The minimum Gasteiger partial charge on any atom is -0.480 e. The van der Waals surface area contributed by atoms with Gasteiger partial charge in [-0.2, -0.15) is 0 Å². The van der Waals surface area contributed by atoms with Gasteiger partial charge < -0.3 is 10.0 Å². The highest BCUT2D eigenvalue weighted by Crippen LogP contribution is 2.18. The van der Waals surface area contributed by atoms with E-state index in [1.165, 1.54) is 11.8 Å². The van der Waals surface area contributed by atoms with Gasteiger partial charge in [-0.1, -0.05) is 48.0 Å². The normalized spacial score (nSPS) is 11.4. The molecular weight excluding hydrogens is 360 g/mol. The quantitative estimate of drug-likeness (QED) is 0.783. The standard InChI is InChI=1S/C18H17ClN2O3S/c1-12(17(23)24)21(11-14-9-5-6-10-15(14)19)18(25)20-16(22)13-7-3-2-4-8-13/h2-10,12H,11H2,1H3,(H,23,24)(H,20,22,25). The zero-order valence-corrected chi connectivity index (χ0v) is 15.1. The third kappa shape index (κ3) is 5.01. The number of amides is 1. The molecule has 7 heteroatoms. The predicted molar refractivity (Wildman–Crippen MR) is 101 cm³/mol. The second-order valence-electron chi connectivity index (χ2n) is 5.36. The van der Waals surface area contributed by atoms with Gasteiger partial charge >= 0.3 is 5.97 Å². The molecule has 2 N–H and O–H groups in total. The average Bonchev–Trinajstić information content (AvgIpc) is 2.61. The largest absolute Gasteiger partial charge is 0.480 e. The van der Waals surface area contributed by atoms with Gasteiger partial charge in [-0.05, 0) is 42.9 Å². The summed E-state index contributed by atoms with van der Waals surface area (Å²) >= 11 is 11.4. The Bertz CT molecular complexity index is 783. The van der Waals surface area contributed by atoms with Gasteiger partial charge in [0.05, 0.1) is 0 Å². The van der Waals surface area contributed by atoms with Gasteiger partial charge in [0.2, 0.25) is 0 Å². The number of carbonyl (C=O) groups is 2. The van der Waals surface area contributed by atoms with Crippen LogP contribution >= 0.6 is 23.8 Å². The van der Waals surface area contributed by atoms with Gasteiger partial charge in [-0.3, -0.25) is 10.1 Å². The van der Waals surface area contributed by atoms with Crippen molar-refractivity contribution in [2.24, 2.45) is 0 Å². The van der Waals surface area contributed by atoms with Crippen molar-refractivity contribution in [3.05, 3.63) is 70.7 Å². The molecule has 0 bridgehead atoms. The Balaban J connectivity index is 2.20. The summed E-state index contributed by atoms with van der Waals surface area (Å²) < 4.78 is 0. The van der Waals surface area contributed by atoms with Crippen LogP contribution in [0.5, 0.6) is 0 Å². The summed E-state index contributed by atoms with van der Waals surface area (Å²) in [6.45, 7) is 1.67. The first-order chi connectivity index (χ1) is 11.9. The van der Waals surface area contributed by atoms with E-state index in [0.717, 1.165) is 0 Å². The Kier molecular flexibility index (Phi) is 6.50. The van der Waals surface area contributed by atoms with E-state index in [1.807, 2.05) is 0 Å². The molecule has 0 fully saturated rings. The van der Waals surface area contributed by atoms with Crippen molar-refractivity contribution in [1.82, 2.24) is 10.2 Å². The van der Waals surface area contributed by atoms with E-state index in [4.69, 9.17) is 23.8 Å². The van der Waals surface area contributed by atoms with Crippen LogP contribution < -0.4 is 5.32 Å². The molecule has 0 spiro atoms. The molecule has 5 nitrogen and oxygen atoms in total. The minimum absolute atomic E-state index is 0.0312. The Morgan fingerprint density at radius 2 is 1.76 bits per heavy atom. The lowest BCUT2D eigenvalue weighted by Gasteiger charge is -2.29. The van der Waals surface area contributed by atoms with Crippen LogP contribution in [0.4, 0.5) is 0 Å². The minimum atomic E-state index is -1.05. The number of hydrogen-bond acceptors (Lipinski definition) is 3. The maximum absolute atomic E-state index is 12.3. The molecule has 1 amide bonds. The third-order valence-corrected chi connectivity index (χ3v) is 4.35. The Labute approximate surface area is 156 Å². The maximum atomic E-state index is 12.3. The molecule has 25 heavy (non-hydrogen) atoms. The number of benzene rings is 2. The van der Waals surface area contributed by atoms with Crippen molar-refractivity contribution in [2.45, 2.75) is 19.5 Å². The van der Waals surface area contributed by atoms with Crippen LogP contribution in [0.3, 0.4) is 0 Å². The number of nitrogens with zero attached hydrogens (tertiary/aromatic N) is 1. The number of aliphatic carboxylic acids is 1. The molecule has 0 saturated carbocycles. The molecule has 0 aliphatic carbocycles. The predicted octanol–water partition coefficient (Wildman–Crippen LogP) is 3.33. The topological polar surface area (TPSA) is 69.6 Å². The van der Waals surface area contributed by atoms with Gasteiger partial charge in [0.25, 0.3) is 5.91 Å². The first-order valence-corrected chi connectivity index (χ1v) is 8.32. The lowest BCUT2D eigenvalue weighted by molar-refractivity contribution is -0.141. The Morgan fingerprint density at radius 3 is 2.36 bits per heavy atom. The Hall–Kier alpha value is -2.44. The third-order valence-electron chi connectivity index (χ3n) is 3.64. The van der Waals surface area contributed by atoms with Crippen molar-refractivity contribution in [1.29, 1.82) is 0 Å². The first-order valence-electron chi connectivity index (χ1n) is 7.53. The number of halogens is 1. The van der Waals surface area contributed by atoms with Crippen LogP contribution in [-0.2, 0) is 11.3 Å². The molecule has 1 unspecified atom stereocenters. The molecule has 0 heterocycles. The summed E-state index contributed by atoms with van der Waals surface area (Å²) in [4.78, 5) is 25.1. The number of rotatable bonds is 5. The van der Waals surface area contributed by atoms with Gasteiger partial charge in [-0.25, -0.2) is 4.79 Å². The van der Waals surface area contributed by atoms with Crippen molar-refractivity contribution in [2.75, 3.05) is 0 Å². The maximum Gasteiger partial charge on any atom is 0.326 e. The van der Waals surface area contributed by atoms with Crippen LogP contribution in [0.15, 0.2) is 54.6 Å². The van der Waals surface area contributed by atoms with Crippen LogP contribution in [0, 0.1) is 0 Å². The number of nitrogens with one attached hydrogen (secondary N) is 1. The molecule has 1 atom stereocenters. The first kappa shape index (κ1) is 18.9. The molecule has 2 rings (SSSR count). The van der Waals surface area contributed by atoms with Crippen molar-refractivity contribution >= 4 is 40.8 Å². The number of carbonyl (C=O) groups excluding carboxylic acids is 1. The van der Waals surface area contributed by atoms with Crippen molar-refractivity contribution < 1.29 is 14.7 Å². The number of carboxylic acids is 1. The van der Waals surface area contributed by atoms with E-state index in [0.29, 0.717) is 16.1 Å². The summed E-state index contributed by atoms with van der Waals surface area (Å²) in [5, 5.41) is 12.5. The highest BCUT2D eigenvalue weighted by atomic mass is 35.5. The fourth-order valence-electron chi connectivity index (χ4n) is 2.16. The fourth-order valence-corrected chi connectivity index (χ4v) is 2.67. The molecule has 0 aliphatic rings. The summed E-state index contributed by atoms with van der Waals surface area (Å²) in [6, 6.07) is 14.7. The van der Waals surface area contributed by atoms with Gasteiger partial charge in [0, 0.05) is 17.1 Å². The van der Waals surface area contributed by atoms with Crippen molar-refractivity contribution in [3.8, 4) is 0 Å². The zero-order chi connectivity index (χ0) is 18.4. The summed E-state index contributed by atoms with van der Waals surface area (Å²) in [7, 11) is 0. The molecule has 0 radical (unpaired) electrons. The van der Waals surface area contributed by atoms with E-state index >= 15 is 0 Å². The summed E-state index contributed by atoms with van der Waals surface area (Å²) in [6.07, 6.45) is 0. The molecule has 0 aliphatic heterocycles. The molecule has 2 aromatic carbocycles. The highest BCUT2D eigenvalue weighted by Gasteiger charge is 2.25. The van der Waals surface area contributed by atoms with Crippen LogP contribution in [0.1, 0.15) is 22.8 Å². The number of thiocarbonyl (C=S) groups is 1. The zero-order valence-electron chi connectivity index (χ0n) is 13.5. The number of carboxylic acid groups (broad SMARTS) is 1. The van der Waals surface area contributed by atoms with E-state index in [2.05, 4.69) is 5.32 Å². The van der Waals surface area contributed by atoms with E-state index in [1.54, 1.807) is 54.6 Å². The van der Waals surface area contributed by atoms with Crippen LogP contribution in [-0.4, -0.2) is 33.0 Å². The average molecular weight is 377 g/mol. The number of hydrogen-bond donors (Lipinski definition) is 2. The summed E-state index contributed by atoms with van der Waals surface area (Å²) in [5.74, 6) is -1.45. The van der Waals surface area contributed by atoms with Crippen LogP contribution in [0.2, 0.25) is 5.02 Å². The lowest BCUT2D eigenvalue weighted by atomic mass is 10.2. The molecular formula is C18H17ClN2O3S. The SMILES string of the molecule is CC(C(=O)O)N(Cc1ccccc1Cl)C(=S)NC(=O)c1ccccc1. The van der Waals surface area contributed by atoms with E-state index < -0.39 is 17.9 Å². The second-order valence-corrected chi connectivity index (χ2v) is 6.15. The van der Waals surface area contributed by atoms with E-state index in [9.17, 15) is 14.7 Å². The smallest absolute Gasteiger partial charge is 0.326 e. The monoisotopic (exact) mass is 376 g/mol. The molecule has 0 saturated heterocycles. The fraction of sp³-hybridized carbons (Fsp3) is 0.167. The van der Waals surface area contributed by atoms with Crippen LogP contribution in [0.25, 0.3) is 0 Å². The van der Waals surface area contributed by atoms with E-state index in [-0.39, 0.29) is 11.7 Å². The lowest BCUT2D eigenvalue weighted by Crippen LogP contribution is -2.49. The van der Waals surface area contributed by atoms with Gasteiger partial charge in [0.1, 0.15) is 6.04 Å². The highest BCUT2D eigenvalue weighted by molar-refractivity contribution is 7.80. The second kappa shape index (κ2) is 8.60. The molecule has 130 valence electrons. The van der Waals surface area contributed by atoms with Gasteiger partial charge in [-0.15, -0.1) is 0 Å². The van der Waals surface area contributed by atoms with Crippen molar-refractivity contribution in [3.63, 3.8) is 0 Å². The Morgan fingerprint density at radius 1 is 1.16 bits per heavy atom. The molecule has 2 aromatic rings. The molecule has 0 aromatic heterocycles. The summed E-state index contributed by atoms with van der Waals surface area (Å²) in [5.41, 5.74) is 1.15.